The topological polar surface area (TPSA) is 71.1 Å². The van der Waals surface area contributed by atoms with Crippen molar-refractivity contribution in [3.63, 3.8) is 0 Å². The third kappa shape index (κ3) is 5.48. The number of hydrogen-bond donors (Lipinski definition) is 1. The second-order valence-electron chi connectivity index (χ2n) is 7.83. The summed E-state index contributed by atoms with van der Waals surface area (Å²) in [4.78, 5) is 4.80. The normalized spacial score (nSPS) is 16.2. The molecule has 1 saturated heterocycles. The Balaban J connectivity index is 1.57. The van der Waals surface area contributed by atoms with Crippen LogP contribution in [-0.4, -0.2) is 51.7 Å². The number of rotatable bonds is 9. The summed E-state index contributed by atoms with van der Waals surface area (Å²) >= 11 is 0. The van der Waals surface area contributed by atoms with Crippen LogP contribution in [0.2, 0.25) is 0 Å². The van der Waals surface area contributed by atoms with Gasteiger partial charge in [0.05, 0.1) is 45.7 Å². The van der Waals surface area contributed by atoms with E-state index < -0.39 is 0 Å². The number of benzene rings is 2. The molecule has 1 aromatic heterocycles. The Morgan fingerprint density at radius 3 is 2.53 bits per heavy atom. The number of methoxy groups -OCH3 is 2. The molecular formula is C25H30N2O5. The fraction of sp³-hybridized carbons (Fsp3) is 0.400. The van der Waals surface area contributed by atoms with Crippen molar-refractivity contribution in [2.75, 3.05) is 40.6 Å². The lowest BCUT2D eigenvalue weighted by Crippen LogP contribution is -2.37. The molecule has 0 spiro atoms. The van der Waals surface area contributed by atoms with E-state index in [2.05, 4.69) is 42.6 Å². The third-order valence-corrected chi connectivity index (χ3v) is 5.43. The van der Waals surface area contributed by atoms with Gasteiger partial charge in [-0.3, -0.25) is 0 Å². The van der Waals surface area contributed by atoms with Gasteiger partial charge in [0, 0.05) is 30.1 Å². The standard InChI is InChI=1S/C25H30N2O5/c1-17-4-6-18(7-5-17)15-32-25-20(13-26-14-21-16-30-8-9-31-21)10-19-11-23(28-2)24(29-3)12-22(19)27-25/h4-7,10-12,21,26H,8-9,13-16H2,1-3H3. The molecule has 4 rings (SSSR count). The van der Waals surface area contributed by atoms with E-state index in [-0.39, 0.29) is 6.10 Å². The first kappa shape index (κ1) is 22.3. The van der Waals surface area contributed by atoms with E-state index in [1.54, 1.807) is 14.2 Å². The molecule has 1 atom stereocenters. The maximum absolute atomic E-state index is 6.16. The molecular weight excluding hydrogens is 408 g/mol. The Morgan fingerprint density at radius 2 is 1.81 bits per heavy atom. The van der Waals surface area contributed by atoms with Crippen molar-refractivity contribution in [3.05, 3.63) is 59.2 Å². The molecule has 2 aromatic carbocycles. The van der Waals surface area contributed by atoms with Gasteiger partial charge in [0.15, 0.2) is 11.5 Å². The lowest BCUT2D eigenvalue weighted by molar-refractivity contribution is -0.0864. The van der Waals surface area contributed by atoms with Crippen LogP contribution in [-0.2, 0) is 22.6 Å². The lowest BCUT2D eigenvalue weighted by Gasteiger charge is -2.23. The van der Waals surface area contributed by atoms with Gasteiger partial charge in [-0.15, -0.1) is 0 Å². The van der Waals surface area contributed by atoms with Gasteiger partial charge in [-0.05, 0) is 24.6 Å². The highest BCUT2D eigenvalue weighted by Gasteiger charge is 2.16. The van der Waals surface area contributed by atoms with Crippen LogP contribution in [0.4, 0.5) is 0 Å². The summed E-state index contributed by atoms with van der Waals surface area (Å²) in [7, 11) is 3.25. The molecule has 1 N–H and O–H groups in total. The number of aromatic nitrogens is 1. The molecule has 170 valence electrons. The molecule has 1 aliphatic heterocycles. The Kier molecular flexibility index (Phi) is 7.42. The molecule has 0 radical (unpaired) electrons. The molecule has 3 aromatic rings. The van der Waals surface area contributed by atoms with E-state index in [9.17, 15) is 0 Å². The lowest BCUT2D eigenvalue weighted by atomic mass is 10.1. The van der Waals surface area contributed by atoms with Gasteiger partial charge in [0.1, 0.15) is 6.61 Å². The van der Waals surface area contributed by atoms with Crippen LogP contribution in [0.15, 0.2) is 42.5 Å². The summed E-state index contributed by atoms with van der Waals surface area (Å²) < 4.78 is 28.3. The van der Waals surface area contributed by atoms with Crippen LogP contribution in [0.5, 0.6) is 17.4 Å². The Bertz CT molecular complexity index is 1030. The SMILES string of the molecule is COc1cc2cc(CNCC3COCCO3)c(OCc3ccc(C)cc3)nc2cc1OC. The molecule has 2 heterocycles. The van der Waals surface area contributed by atoms with Gasteiger partial charge in [0.25, 0.3) is 0 Å². The highest BCUT2D eigenvalue weighted by molar-refractivity contribution is 5.84. The maximum Gasteiger partial charge on any atom is 0.218 e. The average Bonchev–Trinajstić information content (AvgIpc) is 2.83. The number of aryl methyl sites for hydroxylation is 1. The molecule has 0 saturated carbocycles. The van der Waals surface area contributed by atoms with E-state index in [4.69, 9.17) is 28.7 Å². The Morgan fingerprint density at radius 1 is 1.03 bits per heavy atom. The van der Waals surface area contributed by atoms with Crippen molar-refractivity contribution >= 4 is 10.9 Å². The maximum atomic E-state index is 6.16. The van der Waals surface area contributed by atoms with Crippen LogP contribution in [0.25, 0.3) is 10.9 Å². The van der Waals surface area contributed by atoms with E-state index in [1.165, 1.54) is 5.56 Å². The number of nitrogens with one attached hydrogen (secondary N) is 1. The van der Waals surface area contributed by atoms with Crippen molar-refractivity contribution in [1.29, 1.82) is 0 Å². The number of pyridine rings is 1. The molecule has 32 heavy (non-hydrogen) atoms. The van der Waals surface area contributed by atoms with Crippen LogP contribution < -0.4 is 19.5 Å². The summed E-state index contributed by atoms with van der Waals surface area (Å²) in [6.07, 6.45) is 0.0541. The number of fused-ring (bicyclic) bond motifs is 1. The van der Waals surface area contributed by atoms with E-state index >= 15 is 0 Å². The van der Waals surface area contributed by atoms with Crippen molar-refractivity contribution < 1.29 is 23.7 Å². The zero-order valence-corrected chi connectivity index (χ0v) is 18.8. The van der Waals surface area contributed by atoms with Crippen LogP contribution in [0, 0.1) is 6.92 Å². The highest BCUT2D eigenvalue weighted by atomic mass is 16.6. The molecule has 0 amide bonds. The van der Waals surface area contributed by atoms with Crippen LogP contribution >= 0.6 is 0 Å². The summed E-state index contributed by atoms with van der Waals surface area (Å²) in [5.41, 5.74) is 4.07. The average molecular weight is 439 g/mol. The van der Waals surface area contributed by atoms with Crippen LogP contribution in [0.3, 0.4) is 0 Å². The van der Waals surface area contributed by atoms with E-state index in [0.717, 1.165) is 22.0 Å². The minimum atomic E-state index is 0.0541. The quantitative estimate of drug-likeness (QED) is 0.547. The van der Waals surface area contributed by atoms with E-state index in [1.807, 2.05) is 12.1 Å². The second-order valence-corrected chi connectivity index (χ2v) is 7.83. The van der Waals surface area contributed by atoms with Gasteiger partial charge in [-0.1, -0.05) is 29.8 Å². The second kappa shape index (κ2) is 10.6. The first-order valence-corrected chi connectivity index (χ1v) is 10.8. The first-order chi connectivity index (χ1) is 15.7. The van der Waals surface area contributed by atoms with Gasteiger partial charge < -0.3 is 29.0 Å². The minimum Gasteiger partial charge on any atom is -0.493 e. The molecule has 1 unspecified atom stereocenters. The number of ether oxygens (including phenoxy) is 5. The summed E-state index contributed by atoms with van der Waals surface area (Å²) in [5, 5.41) is 4.41. The molecule has 1 aliphatic rings. The number of nitrogens with zero attached hydrogens (tertiary/aromatic N) is 1. The smallest absolute Gasteiger partial charge is 0.218 e. The summed E-state index contributed by atoms with van der Waals surface area (Å²) in [5.74, 6) is 1.90. The predicted octanol–water partition coefficient (Wildman–Crippen LogP) is 3.64. The first-order valence-electron chi connectivity index (χ1n) is 10.8. The van der Waals surface area contributed by atoms with Crippen molar-refractivity contribution in [1.82, 2.24) is 10.3 Å². The fourth-order valence-corrected chi connectivity index (χ4v) is 3.64. The van der Waals surface area contributed by atoms with Crippen molar-refractivity contribution in [2.45, 2.75) is 26.2 Å². The van der Waals surface area contributed by atoms with Gasteiger partial charge >= 0.3 is 0 Å². The molecule has 0 bridgehead atoms. The van der Waals surface area contributed by atoms with Crippen LogP contribution in [0.1, 0.15) is 16.7 Å². The molecule has 7 heteroatoms. The van der Waals surface area contributed by atoms with Gasteiger partial charge in [0.2, 0.25) is 5.88 Å². The fourth-order valence-electron chi connectivity index (χ4n) is 3.64. The Labute approximate surface area is 188 Å². The minimum absolute atomic E-state index is 0.0541. The monoisotopic (exact) mass is 438 g/mol. The van der Waals surface area contributed by atoms with Gasteiger partial charge in [-0.2, -0.15) is 0 Å². The third-order valence-electron chi connectivity index (χ3n) is 5.43. The molecule has 1 fully saturated rings. The zero-order valence-electron chi connectivity index (χ0n) is 18.8. The van der Waals surface area contributed by atoms with Crippen molar-refractivity contribution in [3.8, 4) is 17.4 Å². The van der Waals surface area contributed by atoms with E-state index in [0.29, 0.717) is 56.9 Å². The molecule has 0 aliphatic carbocycles. The van der Waals surface area contributed by atoms with Crippen molar-refractivity contribution in [2.24, 2.45) is 0 Å². The predicted molar refractivity (Wildman–Crippen MR) is 123 cm³/mol. The number of hydrogen-bond acceptors (Lipinski definition) is 7. The Hall–Kier alpha value is -2.87. The largest absolute Gasteiger partial charge is 0.493 e. The zero-order chi connectivity index (χ0) is 22.3. The van der Waals surface area contributed by atoms with Gasteiger partial charge in [-0.25, -0.2) is 4.98 Å². The summed E-state index contributed by atoms with van der Waals surface area (Å²) in [6, 6.07) is 14.2. The highest BCUT2D eigenvalue weighted by Crippen LogP contribution is 2.33. The summed E-state index contributed by atoms with van der Waals surface area (Å²) in [6.45, 7) is 5.71. The molecule has 7 nitrogen and oxygen atoms in total.